The molecule has 250 valence electrons. The molecule has 2 aliphatic heterocycles. The highest BCUT2D eigenvalue weighted by Gasteiger charge is 2.49. The Labute approximate surface area is 284 Å². The van der Waals surface area contributed by atoms with Gasteiger partial charge in [-0.05, 0) is 60.4 Å². The van der Waals surface area contributed by atoms with E-state index in [0.29, 0.717) is 41.8 Å². The standard InChI is InChI=1S/C40H38F2N4O3/c1-3-4-6-12-27(2)24-48-38-34-22-43-36(33-20-31(19-29-15-9-10-16-32(29)33)47-25-28-13-7-5-8-14-28)35(42)37(34)44-39(45-38)49-26-40-17-11-18-46(40)23-30(41)21-40/h3-10,12-16,19-20,22,30H,2,11,17-18,21,23-26H2,1H3/b4-3-,12-6-/t30-,40+/m1/s1. The molecule has 5 aromatic rings. The lowest BCUT2D eigenvalue weighted by Gasteiger charge is -2.30. The zero-order valence-corrected chi connectivity index (χ0v) is 27.4. The molecule has 2 atom stereocenters. The second kappa shape index (κ2) is 14.1. The molecule has 2 aliphatic rings. The number of hydrogen-bond acceptors (Lipinski definition) is 7. The largest absolute Gasteiger partial charge is 0.489 e. The Kier molecular flexibility index (Phi) is 9.35. The lowest BCUT2D eigenvalue weighted by atomic mass is 9.95. The normalized spacial score (nSPS) is 19.3. The van der Waals surface area contributed by atoms with Gasteiger partial charge < -0.3 is 14.2 Å². The predicted molar refractivity (Wildman–Crippen MR) is 188 cm³/mol. The molecule has 0 unspecified atom stereocenters. The van der Waals surface area contributed by atoms with E-state index in [1.54, 1.807) is 6.07 Å². The van der Waals surface area contributed by atoms with Crippen molar-refractivity contribution in [3.05, 3.63) is 121 Å². The molecule has 49 heavy (non-hydrogen) atoms. The molecule has 7 nitrogen and oxygen atoms in total. The van der Waals surface area contributed by atoms with Crippen LogP contribution in [0.1, 0.15) is 31.7 Å². The first-order valence-electron chi connectivity index (χ1n) is 16.6. The van der Waals surface area contributed by atoms with Crippen LogP contribution in [0.4, 0.5) is 8.78 Å². The number of rotatable bonds is 12. The number of nitrogens with zero attached hydrogens (tertiary/aromatic N) is 4. The number of ether oxygens (including phenoxy) is 3. The molecular formula is C40H38F2N4O3. The molecule has 2 saturated heterocycles. The summed E-state index contributed by atoms with van der Waals surface area (Å²) in [5, 5.41) is 1.99. The van der Waals surface area contributed by atoms with Crippen LogP contribution in [0.5, 0.6) is 17.6 Å². The van der Waals surface area contributed by atoms with Gasteiger partial charge in [0.1, 0.15) is 43.0 Å². The van der Waals surface area contributed by atoms with E-state index < -0.39 is 17.5 Å². The fraction of sp³-hybridized carbons (Fsp3) is 0.275. The van der Waals surface area contributed by atoms with Gasteiger partial charge in [0.25, 0.3) is 0 Å². The monoisotopic (exact) mass is 660 g/mol. The highest BCUT2D eigenvalue weighted by atomic mass is 19.1. The van der Waals surface area contributed by atoms with Gasteiger partial charge in [0, 0.05) is 24.7 Å². The van der Waals surface area contributed by atoms with Crippen LogP contribution in [0.3, 0.4) is 0 Å². The van der Waals surface area contributed by atoms with E-state index in [2.05, 4.69) is 26.4 Å². The molecular weight excluding hydrogens is 622 g/mol. The van der Waals surface area contributed by atoms with Crippen molar-refractivity contribution in [1.82, 2.24) is 19.9 Å². The third kappa shape index (κ3) is 6.89. The number of fused-ring (bicyclic) bond motifs is 3. The third-order valence-electron chi connectivity index (χ3n) is 9.23. The van der Waals surface area contributed by atoms with Crippen LogP contribution in [0.2, 0.25) is 0 Å². The number of aromatic nitrogens is 3. The van der Waals surface area contributed by atoms with Gasteiger partial charge in [0.2, 0.25) is 5.88 Å². The van der Waals surface area contributed by atoms with Crippen molar-refractivity contribution >= 4 is 21.7 Å². The quantitative estimate of drug-likeness (QED) is 0.124. The molecule has 0 spiro atoms. The van der Waals surface area contributed by atoms with Crippen LogP contribution in [0.25, 0.3) is 32.9 Å². The highest BCUT2D eigenvalue weighted by molar-refractivity contribution is 5.99. The fourth-order valence-electron chi connectivity index (χ4n) is 6.84. The topological polar surface area (TPSA) is 69.6 Å². The number of hydrogen-bond donors (Lipinski definition) is 0. The Balaban J connectivity index is 1.27. The Hall–Kier alpha value is -5.15. The molecule has 0 saturated carbocycles. The fourth-order valence-corrected chi connectivity index (χ4v) is 6.84. The first-order valence-corrected chi connectivity index (χ1v) is 16.6. The first-order chi connectivity index (χ1) is 23.9. The summed E-state index contributed by atoms with van der Waals surface area (Å²) in [5.41, 5.74) is 1.97. The summed E-state index contributed by atoms with van der Waals surface area (Å²) < 4.78 is 49.8. The molecule has 0 amide bonds. The lowest BCUT2D eigenvalue weighted by Crippen LogP contribution is -2.43. The van der Waals surface area contributed by atoms with Crippen molar-refractivity contribution in [3.63, 3.8) is 0 Å². The van der Waals surface area contributed by atoms with Gasteiger partial charge in [-0.3, -0.25) is 9.88 Å². The summed E-state index contributed by atoms with van der Waals surface area (Å²) in [6, 6.07) is 21.3. The molecule has 4 heterocycles. The van der Waals surface area contributed by atoms with Crippen molar-refractivity contribution in [1.29, 1.82) is 0 Å². The molecule has 0 radical (unpaired) electrons. The van der Waals surface area contributed by atoms with Crippen LogP contribution < -0.4 is 14.2 Å². The molecule has 7 rings (SSSR count). The van der Waals surface area contributed by atoms with Crippen molar-refractivity contribution in [2.24, 2.45) is 0 Å². The van der Waals surface area contributed by atoms with Gasteiger partial charge in [-0.2, -0.15) is 9.97 Å². The van der Waals surface area contributed by atoms with E-state index in [4.69, 9.17) is 14.2 Å². The van der Waals surface area contributed by atoms with E-state index in [1.165, 1.54) is 6.20 Å². The maximum atomic E-state index is 16.8. The van der Waals surface area contributed by atoms with E-state index in [9.17, 15) is 4.39 Å². The molecule has 3 aromatic carbocycles. The van der Waals surface area contributed by atoms with E-state index in [1.807, 2.05) is 91.9 Å². The Morgan fingerprint density at radius 3 is 2.71 bits per heavy atom. The number of pyridine rings is 1. The van der Waals surface area contributed by atoms with Gasteiger partial charge in [-0.25, -0.2) is 8.78 Å². The lowest BCUT2D eigenvalue weighted by molar-refractivity contribution is 0.107. The maximum absolute atomic E-state index is 16.8. The van der Waals surface area contributed by atoms with Gasteiger partial charge >= 0.3 is 6.01 Å². The predicted octanol–water partition coefficient (Wildman–Crippen LogP) is 8.59. The maximum Gasteiger partial charge on any atom is 0.320 e. The summed E-state index contributed by atoms with van der Waals surface area (Å²) in [4.78, 5) is 15.9. The Morgan fingerprint density at radius 1 is 1.02 bits per heavy atom. The minimum atomic E-state index is -0.907. The van der Waals surface area contributed by atoms with Gasteiger partial charge in [-0.15, -0.1) is 0 Å². The number of alkyl halides is 1. The first kappa shape index (κ1) is 32.4. The minimum absolute atomic E-state index is 0.00956. The van der Waals surface area contributed by atoms with Crippen LogP contribution in [0.15, 0.2) is 109 Å². The summed E-state index contributed by atoms with van der Waals surface area (Å²) in [6.45, 7) is 7.86. The molecule has 0 aliphatic carbocycles. The number of halogens is 2. The average molecular weight is 661 g/mol. The van der Waals surface area contributed by atoms with Crippen molar-refractivity contribution in [3.8, 4) is 28.9 Å². The average Bonchev–Trinajstić information content (AvgIpc) is 3.65. The molecule has 9 heteroatoms. The number of benzene rings is 3. The minimum Gasteiger partial charge on any atom is -0.489 e. The molecule has 2 fully saturated rings. The van der Waals surface area contributed by atoms with E-state index in [0.717, 1.165) is 35.7 Å². The summed E-state index contributed by atoms with van der Waals surface area (Å²) >= 11 is 0. The van der Waals surface area contributed by atoms with Crippen LogP contribution >= 0.6 is 0 Å². The van der Waals surface area contributed by atoms with Crippen molar-refractivity contribution in [2.45, 2.75) is 44.5 Å². The Bertz CT molecular complexity index is 2050. The van der Waals surface area contributed by atoms with Crippen molar-refractivity contribution < 1.29 is 23.0 Å². The van der Waals surface area contributed by atoms with Crippen molar-refractivity contribution in [2.75, 3.05) is 26.3 Å². The smallest absolute Gasteiger partial charge is 0.320 e. The van der Waals surface area contributed by atoms with Gasteiger partial charge in [-0.1, -0.05) is 85.5 Å². The highest BCUT2D eigenvalue weighted by Crippen LogP contribution is 2.41. The summed E-state index contributed by atoms with van der Waals surface area (Å²) in [5.74, 6) is 0.0678. The Morgan fingerprint density at radius 2 is 1.86 bits per heavy atom. The second-order valence-corrected chi connectivity index (χ2v) is 12.7. The van der Waals surface area contributed by atoms with Crippen LogP contribution in [-0.2, 0) is 6.61 Å². The summed E-state index contributed by atoms with van der Waals surface area (Å²) in [6.07, 6.45) is 10.3. The second-order valence-electron chi connectivity index (χ2n) is 12.7. The molecule has 0 bridgehead atoms. The van der Waals surface area contributed by atoms with Crippen LogP contribution in [-0.4, -0.2) is 57.9 Å². The zero-order valence-electron chi connectivity index (χ0n) is 27.4. The molecule has 2 aromatic heterocycles. The SMILES string of the molecule is C=C(/C=C\C=C/C)COc1nc(OC[C@@]23CCCN2C[C@H](F)C3)nc2c(F)c(-c3cc(OCc4ccccc4)cc4ccccc34)ncc12. The third-order valence-corrected chi connectivity index (χ3v) is 9.23. The van der Waals surface area contributed by atoms with Crippen LogP contribution in [0, 0.1) is 5.82 Å². The van der Waals surface area contributed by atoms with E-state index >= 15 is 4.39 Å². The van der Waals surface area contributed by atoms with Gasteiger partial charge in [0.15, 0.2) is 5.82 Å². The van der Waals surface area contributed by atoms with Gasteiger partial charge in [0.05, 0.1) is 10.9 Å². The molecule has 0 N–H and O–H groups in total. The zero-order chi connectivity index (χ0) is 33.8. The number of allylic oxidation sites excluding steroid dienone is 3. The summed E-state index contributed by atoms with van der Waals surface area (Å²) in [7, 11) is 0. The van der Waals surface area contributed by atoms with E-state index in [-0.39, 0.29) is 36.3 Å².